The number of carbonyl (C=O) groups excluding carboxylic acids is 1. The number of nitrogens with zero attached hydrogens (tertiary/aromatic N) is 3. The van der Waals surface area contributed by atoms with Gasteiger partial charge in [0.1, 0.15) is 11.6 Å². The molecule has 2 heterocycles. The van der Waals surface area contributed by atoms with E-state index in [1.54, 1.807) is 12.1 Å². The Balaban J connectivity index is 0.00000176. The first-order valence-corrected chi connectivity index (χ1v) is 7.55. The summed E-state index contributed by atoms with van der Waals surface area (Å²) in [6.45, 7) is 3.65. The van der Waals surface area contributed by atoms with Crippen LogP contribution in [0.5, 0.6) is 0 Å². The standard InChI is InChI=1S/C15H22N4O2.Li/c1-18-5-7-19(8-6-18)14-10-11(15(20)21)9-13(17-14)16-12-3-2-4-12;/h9-10,12H,2-8H2,1H3,(H,16,17)(H,20,21);/q;+1/p-1. The molecule has 1 aliphatic carbocycles. The minimum Gasteiger partial charge on any atom is -0.545 e. The maximum atomic E-state index is 11.2. The molecule has 6 nitrogen and oxygen atoms in total. The fourth-order valence-corrected chi connectivity index (χ4v) is 2.67. The van der Waals surface area contributed by atoms with Gasteiger partial charge in [-0.2, -0.15) is 0 Å². The van der Waals surface area contributed by atoms with Gasteiger partial charge in [-0.3, -0.25) is 0 Å². The molecule has 0 bridgehead atoms. The summed E-state index contributed by atoms with van der Waals surface area (Å²) in [7, 11) is 2.09. The Bertz CT molecular complexity index is 528. The maximum Gasteiger partial charge on any atom is 1.00 e. The number of aromatic nitrogens is 1. The molecule has 1 aliphatic heterocycles. The molecule has 1 aromatic heterocycles. The van der Waals surface area contributed by atoms with E-state index in [-0.39, 0.29) is 24.4 Å². The minimum atomic E-state index is -1.15. The number of piperazine rings is 1. The number of carboxylic acid groups (broad SMARTS) is 1. The Morgan fingerprint density at radius 2 is 1.95 bits per heavy atom. The molecule has 1 N–H and O–H groups in total. The number of hydrogen-bond acceptors (Lipinski definition) is 6. The topological polar surface area (TPSA) is 71.5 Å². The Morgan fingerprint density at radius 3 is 2.50 bits per heavy atom. The molecule has 0 aromatic carbocycles. The zero-order valence-corrected chi connectivity index (χ0v) is 13.3. The smallest absolute Gasteiger partial charge is 0.545 e. The van der Waals surface area contributed by atoms with Gasteiger partial charge in [-0.15, -0.1) is 0 Å². The summed E-state index contributed by atoms with van der Waals surface area (Å²) in [5.74, 6) is 0.228. The third kappa shape index (κ3) is 3.95. The van der Waals surface area contributed by atoms with Crippen LogP contribution >= 0.6 is 0 Å². The molecule has 114 valence electrons. The van der Waals surface area contributed by atoms with E-state index in [1.165, 1.54) is 6.42 Å². The normalized spacial score (nSPS) is 19.2. The Hall–Kier alpha value is -1.22. The summed E-state index contributed by atoms with van der Waals surface area (Å²) in [5, 5.41) is 14.5. The monoisotopic (exact) mass is 296 g/mol. The van der Waals surface area contributed by atoms with Crippen molar-refractivity contribution in [2.45, 2.75) is 25.3 Å². The summed E-state index contributed by atoms with van der Waals surface area (Å²) in [6.07, 6.45) is 3.48. The van der Waals surface area contributed by atoms with Crippen LogP contribution in [0.2, 0.25) is 0 Å². The van der Waals surface area contributed by atoms with Crippen LogP contribution in [0.25, 0.3) is 0 Å². The van der Waals surface area contributed by atoms with E-state index >= 15 is 0 Å². The van der Waals surface area contributed by atoms with Crippen molar-refractivity contribution < 1.29 is 28.8 Å². The molecular formula is C15H21LiN4O2. The molecule has 7 heteroatoms. The van der Waals surface area contributed by atoms with Gasteiger partial charge in [-0.25, -0.2) is 4.98 Å². The van der Waals surface area contributed by atoms with Crippen LogP contribution < -0.4 is 34.2 Å². The van der Waals surface area contributed by atoms with Crippen molar-refractivity contribution in [3.63, 3.8) is 0 Å². The van der Waals surface area contributed by atoms with E-state index in [0.717, 1.165) is 44.8 Å². The molecular weight excluding hydrogens is 275 g/mol. The Labute approximate surface area is 143 Å². The molecule has 2 aliphatic rings. The summed E-state index contributed by atoms with van der Waals surface area (Å²) >= 11 is 0. The molecule has 0 spiro atoms. The SMILES string of the molecule is CN1CCN(c2cc(C(=O)[O-])cc(NC3CCC3)n2)CC1.[Li+]. The molecule has 1 aromatic rings. The van der Waals surface area contributed by atoms with Crippen molar-refractivity contribution in [1.82, 2.24) is 9.88 Å². The van der Waals surface area contributed by atoms with Crippen LogP contribution in [-0.4, -0.2) is 55.1 Å². The number of hydrogen-bond donors (Lipinski definition) is 1. The van der Waals surface area contributed by atoms with Gasteiger partial charge in [0, 0.05) is 37.8 Å². The zero-order chi connectivity index (χ0) is 14.8. The number of rotatable bonds is 4. The van der Waals surface area contributed by atoms with Crippen LogP contribution in [0, 0.1) is 0 Å². The quantitative estimate of drug-likeness (QED) is 0.604. The summed E-state index contributed by atoms with van der Waals surface area (Å²) in [5.41, 5.74) is 0.195. The van der Waals surface area contributed by atoms with Gasteiger partial charge >= 0.3 is 18.9 Å². The third-order valence-corrected chi connectivity index (χ3v) is 4.33. The van der Waals surface area contributed by atoms with Crippen molar-refractivity contribution in [3.8, 4) is 0 Å². The number of aromatic carboxylic acids is 1. The number of pyridine rings is 1. The minimum absolute atomic E-state index is 0. The number of carbonyl (C=O) groups is 1. The number of nitrogens with one attached hydrogen (secondary N) is 1. The first-order chi connectivity index (χ1) is 10.1. The fourth-order valence-electron chi connectivity index (χ4n) is 2.67. The molecule has 0 radical (unpaired) electrons. The molecule has 0 unspecified atom stereocenters. The molecule has 1 saturated carbocycles. The third-order valence-electron chi connectivity index (χ3n) is 4.33. The molecule has 2 fully saturated rings. The average molecular weight is 296 g/mol. The molecule has 1 saturated heterocycles. The van der Waals surface area contributed by atoms with E-state index in [2.05, 4.69) is 27.1 Å². The second-order valence-corrected chi connectivity index (χ2v) is 5.95. The van der Waals surface area contributed by atoms with Gasteiger partial charge in [-0.05, 0) is 38.4 Å². The van der Waals surface area contributed by atoms with Gasteiger partial charge in [-0.1, -0.05) is 0 Å². The van der Waals surface area contributed by atoms with Crippen molar-refractivity contribution >= 4 is 17.6 Å². The van der Waals surface area contributed by atoms with E-state index in [4.69, 9.17) is 0 Å². The van der Waals surface area contributed by atoms with Crippen molar-refractivity contribution in [1.29, 1.82) is 0 Å². The molecule has 0 amide bonds. The van der Waals surface area contributed by atoms with Crippen LogP contribution in [0.1, 0.15) is 29.6 Å². The maximum absolute atomic E-state index is 11.2. The van der Waals surface area contributed by atoms with Crippen molar-refractivity contribution in [3.05, 3.63) is 17.7 Å². The summed E-state index contributed by atoms with van der Waals surface area (Å²) in [6, 6.07) is 3.62. The molecule has 0 atom stereocenters. The number of anilines is 2. The summed E-state index contributed by atoms with van der Waals surface area (Å²) in [4.78, 5) is 20.2. The van der Waals surface area contributed by atoms with E-state index < -0.39 is 5.97 Å². The van der Waals surface area contributed by atoms with E-state index in [9.17, 15) is 9.90 Å². The number of likely N-dealkylation sites (N-methyl/N-ethyl adjacent to an activating group) is 1. The first kappa shape index (κ1) is 17.1. The van der Waals surface area contributed by atoms with Crippen LogP contribution in [-0.2, 0) is 0 Å². The van der Waals surface area contributed by atoms with Gasteiger partial charge in [0.2, 0.25) is 0 Å². The predicted octanol–water partition coefficient (Wildman–Crippen LogP) is -2.83. The van der Waals surface area contributed by atoms with Crippen molar-refractivity contribution in [2.24, 2.45) is 0 Å². The van der Waals surface area contributed by atoms with Gasteiger partial charge in [0.05, 0.1) is 5.97 Å². The fraction of sp³-hybridized carbons (Fsp3) is 0.600. The second kappa shape index (κ2) is 7.36. The number of carboxylic acids is 1. The Morgan fingerprint density at radius 1 is 1.27 bits per heavy atom. The van der Waals surface area contributed by atoms with Crippen molar-refractivity contribution in [2.75, 3.05) is 43.4 Å². The van der Waals surface area contributed by atoms with Crippen LogP contribution in [0.3, 0.4) is 0 Å². The van der Waals surface area contributed by atoms with E-state index in [1.807, 2.05) is 0 Å². The largest absolute Gasteiger partial charge is 1.00 e. The first-order valence-electron chi connectivity index (χ1n) is 7.55. The zero-order valence-electron chi connectivity index (χ0n) is 13.3. The molecule has 22 heavy (non-hydrogen) atoms. The second-order valence-electron chi connectivity index (χ2n) is 5.95. The molecule has 3 rings (SSSR count). The van der Waals surface area contributed by atoms with Gasteiger partial charge < -0.3 is 25.0 Å². The Kier molecular flexibility index (Phi) is 5.73. The predicted molar refractivity (Wildman–Crippen MR) is 79.5 cm³/mol. The van der Waals surface area contributed by atoms with Crippen LogP contribution in [0.4, 0.5) is 11.6 Å². The van der Waals surface area contributed by atoms with Gasteiger partial charge in [0.15, 0.2) is 0 Å². The van der Waals surface area contributed by atoms with E-state index in [0.29, 0.717) is 11.9 Å². The summed E-state index contributed by atoms with van der Waals surface area (Å²) < 4.78 is 0. The van der Waals surface area contributed by atoms with Crippen LogP contribution in [0.15, 0.2) is 12.1 Å². The average Bonchev–Trinajstić information content (AvgIpc) is 2.43. The van der Waals surface area contributed by atoms with Gasteiger partial charge in [0.25, 0.3) is 0 Å².